The van der Waals surface area contributed by atoms with E-state index in [4.69, 9.17) is 0 Å². The Labute approximate surface area is 367 Å². The normalized spacial score (nSPS) is 32.2. The molecule has 0 aromatic heterocycles. The van der Waals surface area contributed by atoms with Gasteiger partial charge in [-0.15, -0.1) is 11.8 Å². The van der Waals surface area contributed by atoms with Crippen LogP contribution in [-0.2, 0) is 0 Å². The molecule has 4 heteroatoms. The quantitative estimate of drug-likeness (QED) is 0.217. The zero-order chi connectivity index (χ0) is 40.3. The number of allylic oxidation sites excluding steroid dienone is 15. The number of hydrogen-bond acceptors (Lipinski definition) is 3. The summed E-state index contributed by atoms with van der Waals surface area (Å²) < 4.78 is 0. The van der Waals surface area contributed by atoms with Crippen molar-refractivity contribution in [2.45, 2.75) is 106 Å². The molecule has 9 unspecified atom stereocenters. The van der Waals surface area contributed by atoms with Crippen molar-refractivity contribution < 1.29 is 5.32 Å². The van der Waals surface area contributed by atoms with Crippen LogP contribution in [-0.4, -0.2) is 17.6 Å². The van der Waals surface area contributed by atoms with Gasteiger partial charge in [0.15, 0.2) is 12.3 Å². The van der Waals surface area contributed by atoms with Crippen LogP contribution in [0.25, 0.3) is 16.7 Å². The smallest absolute Gasteiger partial charge is 0.168 e. The van der Waals surface area contributed by atoms with Gasteiger partial charge in [0, 0.05) is 45.0 Å². The summed E-state index contributed by atoms with van der Waals surface area (Å²) in [4.78, 5) is 1.55. The maximum atomic E-state index is 4.27. The van der Waals surface area contributed by atoms with Crippen LogP contribution in [0.4, 0.5) is 0 Å². The van der Waals surface area contributed by atoms with E-state index in [-0.39, 0.29) is 18.5 Å². The van der Waals surface area contributed by atoms with Crippen LogP contribution in [0.1, 0.15) is 116 Å². The Balaban J connectivity index is 0.986. The number of quaternary nitrogens is 1. The summed E-state index contributed by atoms with van der Waals surface area (Å²) in [5.74, 6) is 2.23. The summed E-state index contributed by atoms with van der Waals surface area (Å²) >= 11 is 2.16. The third kappa shape index (κ3) is 6.86. The monoisotopic (exact) mass is 816 g/mol. The van der Waals surface area contributed by atoms with Gasteiger partial charge in [0.05, 0.1) is 6.17 Å². The summed E-state index contributed by atoms with van der Waals surface area (Å²) in [6, 6.07) is 25.9. The molecular formula is C57H58N3S+. The minimum atomic E-state index is 0.116. The highest BCUT2D eigenvalue weighted by molar-refractivity contribution is 8.04. The summed E-state index contributed by atoms with van der Waals surface area (Å²) in [6.07, 6.45) is 46.3. The van der Waals surface area contributed by atoms with E-state index in [0.29, 0.717) is 34.8 Å². The maximum Gasteiger partial charge on any atom is 0.168 e. The summed E-state index contributed by atoms with van der Waals surface area (Å²) in [5, 5.41) is 11.4. The van der Waals surface area contributed by atoms with E-state index in [1.807, 2.05) is 0 Å². The Morgan fingerprint density at radius 1 is 0.623 bits per heavy atom. The fraction of sp³-hybridized carbons (Fsp3) is 0.333. The van der Waals surface area contributed by atoms with Crippen LogP contribution < -0.4 is 16.0 Å². The lowest BCUT2D eigenvalue weighted by atomic mass is 9.66. The highest BCUT2D eigenvalue weighted by atomic mass is 32.2. The van der Waals surface area contributed by atoms with E-state index in [2.05, 4.69) is 180 Å². The lowest BCUT2D eigenvalue weighted by Gasteiger charge is -2.42. The predicted molar refractivity (Wildman–Crippen MR) is 255 cm³/mol. The molecule has 3 nitrogen and oxygen atoms in total. The molecule has 0 radical (unpaired) electrons. The van der Waals surface area contributed by atoms with Crippen LogP contribution in [0.2, 0.25) is 0 Å². The fourth-order valence-electron chi connectivity index (χ4n) is 12.3. The van der Waals surface area contributed by atoms with Gasteiger partial charge in [-0.1, -0.05) is 140 Å². The number of nitrogens with one attached hydrogen (secondary N) is 2. The van der Waals surface area contributed by atoms with Crippen molar-refractivity contribution in [1.82, 2.24) is 10.6 Å². The molecule has 306 valence electrons. The van der Waals surface area contributed by atoms with Gasteiger partial charge in [-0.25, -0.2) is 10.6 Å². The molecule has 9 atom stereocenters. The van der Waals surface area contributed by atoms with Crippen LogP contribution in [0, 0.1) is 11.8 Å². The van der Waals surface area contributed by atoms with Gasteiger partial charge in [0.2, 0.25) is 0 Å². The Morgan fingerprint density at radius 2 is 1.49 bits per heavy atom. The molecule has 0 amide bonds. The first-order valence-electron chi connectivity index (χ1n) is 23.5. The van der Waals surface area contributed by atoms with Crippen LogP contribution >= 0.6 is 11.8 Å². The second kappa shape index (κ2) is 16.2. The van der Waals surface area contributed by atoms with Crippen molar-refractivity contribution >= 4 is 17.3 Å². The van der Waals surface area contributed by atoms with E-state index in [1.165, 1.54) is 62.9 Å². The summed E-state index contributed by atoms with van der Waals surface area (Å²) in [5.41, 5.74) is 17.9. The average Bonchev–Trinajstić information content (AvgIpc) is 3.74. The number of nitrogens with two attached hydrogens (primary N) is 1. The highest BCUT2D eigenvalue weighted by Crippen LogP contribution is 2.59. The van der Waals surface area contributed by atoms with Gasteiger partial charge in [0.25, 0.3) is 0 Å². The lowest BCUT2D eigenvalue weighted by Crippen LogP contribution is -3.01. The molecule has 0 bridgehead atoms. The molecule has 3 aromatic carbocycles. The van der Waals surface area contributed by atoms with E-state index >= 15 is 0 Å². The van der Waals surface area contributed by atoms with Gasteiger partial charge >= 0.3 is 0 Å². The molecular weight excluding hydrogens is 759 g/mol. The van der Waals surface area contributed by atoms with Crippen molar-refractivity contribution in [1.29, 1.82) is 0 Å². The number of thioether (sulfide) groups is 1. The molecule has 2 heterocycles. The lowest BCUT2D eigenvalue weighted by molar-refractivity contribution is -0.741. The topological polar surface area (TPSA) is 40.7 Å². The minimum Gasteiger partial charge on any atom is -0.309 e. The van der Waals surface area contributed by atoms with Gasteiger partial charge in [0.1, 0.15) is 0 Å². The molecule has 61 heavy (non-hydrogen) atoms. The van der Waals surface area contributed by atoms with Gasteiger partial charge < -0.3 is 5.32 Å². The zero-order valence-corrected chi connectivity index (χ0v) is 36.0. The number of rotatable bonds is 6. The standard InChI is InChI=1S/C57H57N3S/c1-4-16-36(17-5-1)37-30-32-40(33-31-37)56-58-55(39-20-8-3-9-21-39)59-57(60-56)41-34-50-45-24-11-10-22-43(45)44-23-12-13-25-46(44)52(50)51(35-41)49-29-15-28-48-47-27-14-26-42(53(47)61-54(48)49)38-18-6-2-7-19-38/h1,4-6,8,11-14,16-21,23-28,30,32,34-35,37,40,43,45,47,53,55-60H,2-3,7,9-10,15,22,29,31,33H2/p+1. The SMILES string of the molecule is C1=CC2C3=CCCC(c4cc(C5NC(C6C=CC(c7ccccc7)CC6)NC(C6=CCCC=C6)[NH2+]5)cc5c4-c4ccccc4C4CCC=CC54)=C3SC2C(C2=CCCC=C2)=C1. The highest BCUT2D eigenvalue weighted by Gasteiger charge is 2.44. The largest absolute Gasteiger partial charge is 0.309 e. The maximum absolute atomic E-state index is 4.27. The molecule has 2 saturated heterocycles. The Hall–Kier alpha value is -4.71. The first-order chi connectivity index (χ1) is 30.2. The van der Waals surface area contributed by atoms with Crippen molar-refractivity contribution in [2.75, 3.05) is 0 Å². The average molecular weight is 817 g/mol. The molecule has 2 aliphatic heterocycles. The molecule has 12 rings (SSSR count). The molecule has 3 aromatic rings. The second-order valence-corrected chi connectivity index (χ2v) is 19.9. The van der Waals surface area contributed by atoms with Crippen LogP contribution in [0.3, 0.4) is 0 Å². The minimum absolute atomic E-state index is 0.116. The molecule has 4 N–H and O–H groups in total. The molecule has 0 saturated carbocycles. The Bertz CT molecular complexity index is 2560. The first-order valence-corrected chi connectivity index (χ1v) is 24.4. The van der Waals surface area contributed by atoms with Crippen LogP contribution in [0.5, 0.6) is 0 Å². The first kappa shape index (κ1) is 38.0. The molecule has 7 aliphatic carbocycles. The van der Waals surface area contributed by atoms with E-state index < -0.39 is 0 Å². The summed E-state index contributed by atoms with van der Waals surface area (Å²) in [7, 11) is 0. The van der Waals surface area contributed by atoms with Crippen molar-refractivity contribution in [2.24, 2.45) is 11.8 Å². The van der Waals surface area contributed by atoms with E-state index in [1.54, 1.807) is 21.6 Å². The second-order valence-electron chi connectivity index (χ2n) is 18.8. The van der Waals surface area contributed by atoms with Crippen molar-refractivity contribution in [3.8, 4) is 11.1 Å². The third-order valence-corrected chi connectivity index (χ3v) is 16.8. The van der Waals surface area contributed by atoms with Crippen molar-refractivity contribution in [3.05, 3.63) is 207 Å². The van der Waals surface area contributed by atoms with E-state index in [9.17, 15) is 0 Å². The van der Waals surface area contributed by atoms with Crippen molar-refractivity contribution in [3.63, 3.8) is 0 Å². The third-order valence-electron chi connectivity index (χ3n) is 15.3. The molecule has 0 spiro atoms. The predicted octanol–water partition coefficient (Wildman–Crippen LogP) is 12.3. The Kier molecular flexibility index (Phi) is 10.1. The van der Waals surface area contributed by atoms with E-state index in [0.717, 1.165) is 51.4 Å². The zero-order valence-electron chi connectivity index (χ0n) is 35.2. The van der Waals surface area contributed by atoms with Gasteiger partial charge in [-0.3, -0.25) is 0 Å². The molecule has 9 aliphatic rings. The number of hydrogen-bond donors (Lipinski definition) is 3. The number of benzene rings is 3. The van der Waals surface area contributed by atoms with Gasteiger partial charge in [-0.2, -0.15) is 0 Å². The van der Waals surface area contributed by atoms with Gasteiger partial charge in [-0.05, 0) is 138 Å². The fourth-order valence-corrected chi connectivity index (χ4v) is 14.0. The number of fused-ring (bicyclic) bond motifs is 9. The Morgan fingerprint density at radius 3 is 2.34 bits per heavy atom. The van der Waals surface area contributed by atoms with Crippen LogP contribution in [0.15, 0.2) is 179 Å². The summed E-state index contributed by atoms with van der Waals surface area (Å²) in [6.45, 7) is 0. The molecule has 2 fully saturated rings.